The van der Waals surface area contributed by atoms with E-state index in [1.165, 1.54) is 12.1 Å². The van der Waals surface area contributed by atoms with Gasteiger partial charge in [0.1, 0.15) is 18.2 Å². The first-order chi connectivity index (χ1) is 10.0. The van der Waals surface area contributed by atoms with Crippen molar-refractivity contribution in [3.05, 3.63) is 64.4 Å². The maximum Gasteiger partial charge on any atom is 0.347 e. The maximum absolute atomic E-state index is 12.8. The summed E-state index contributed by atoms with van der Waals surface area (Å²) in [6.45, 7) is 1.71. The van der Waals surface area contributed by atoms with Crippen molar-refractivity contribution in [1.82, 2.24) is 0 Å². The molecule has 0 fully saturated rings. The lowest BCUT2D eigenvalue weighted by Crippen LogP contribution is -2.26. The predicted molar refractivity (Wildman–Crippen MR) is 80.4 cm³/mol. The van der Waals surface area contributed by atoms with Crippen LogP contribution in [-0.2, 0) is 16.1 Å². The fourth-order valence-corrected chi connectivity index (χ4v) is 1.88. The predicted octanol–water partition coefficient (Wildman–Crippen LogP) is 4.10. The van der Waals surface area contributed by atoms with Crippen LogP contribution in [0.2, 0.25) is 0 Å². The van der Waals surface area contributed by atoms with E-state index in [1.807, 2.05) is 12.1 Å². The number of halogens is 2. The Balaban J connectivity index is 1.84. The van der Waals surface area contributed by atoms with E-state index in [0.717, 1.165) is 10.0 Å². The van der Waals surface area contributed by atoms with Crippen molar-refractivity contribution in [2.24, 2.45) is 0 Å². The van der Waals surface area contributed by atoms with Gasteiger partial charge in [0.05, 0.1) is 0 Å². The van der Waals surface area contributed by atoms with E-state index in [4.69, 9.17) is 9.47 Å². The number of hydrogen-bond acceptors (Lipinski definition) is 3. The van der Waals surface area contributed by atoms with Gasteiger partial charge in [0.25, 0.3) is 0 Å². The highest BCUT2D eigenvalue weighted by Crippen LogP contribution is 2.17. The first kappa shape index (κ1) is 15.5. The SMILES string of the molecule is CC(Oc1ccc(Br)cc1)C(=O)OCc1ccc(F)cc1. The zero-order chi connectivity index (χ0) is 15.2. The van der Waals surface area contributed by atoms with Gasteiger partial charge in [-0.3, -0.25) is 0 Å². The third-order valence-corrected chi connectivity index (χ3v) is 3.28. The van der Waals surface area contributed by atoms with Crippen molar-refractivity contribution in [1.29, 1.82) is 0 Å². The van der Waals surface area contributed by atoms with Gasteiger partial charge in [-0.05, 0) is 48.9 Å². The van der Waals surface area contributed by atoms with E-state index in [2.05, 4.69) is 15.9 Å². The molecule has 0 spiro atoms. The lowest BCUT2D eigenvalue weighted by Gasteiger charge is -2.14. The van der Waals surface area contributed by atoms with Gasteiger partial charge >= 0.3 is 5.97 Å². The molecule has 0 aliphatic heterocycles. The molecule has 0 aliphatic carbocycles. The molecule has 1 unspecified atom stereocenters. The molecule has 110 valence electrons. The van der Waals surface area contributed by atoms with Crippen LogP contribution in [-0.4, -0.2) is 12.1 Å². The summed E-state index contributed by atoms with van der Waals surface area (Å²) in [6.07, 6.45) is -0.716. The van der Waals surface area contributed by atoms with Crippen LogP contribution in [0.5, 0.6) is 5.75 Å². The van der Waals surface area contributed by atoms with Gasteiger partial charge in [0.15, 0.2) is 6.10 Å². The number of carbonyl (C=O) groups excluding carboxylic acids is 1. The summed E-state index contributed by atoms with van der Waals surface area (Å²) in [7, 11) is 0. The van der Waals surface area contributed by atoms with Gasteiger partial charge in [-0.25, -0.2) is 9.18 Å². The van der Waals surface area contributed by atoms with Crippen molar-refractivity contribution < 1.29 is 18.7 Å². The third kappa shape index (κ3) is 4.86. The second-order valence-corrected chi connectivity index (χ2v) is 5.36. The maximum atomic E-state index is 12.8. The Hall–Kier alpha value is -1.88. The molecule has 0 aliphatic rings. The summed E-state index contributed by atoms with van der Waals surface area (Å²) >= 11 is 3.32. The third-order valence-electron chi connectivity index (χ3n) is 2.75. The second-order valence-electron chi connectivity index (χ2n) is 4.45. The summed E-state index contributed by atoms with van der Waals surface area (Å²) in [6, 6.07) is 13.0. The number of carbonyl (C=O) groups is 1. The quantitative estimate of drug-likeness (QED) is 0.760. The standard InChI is InChI=1S/C16H14BrFO3/c1-11(21-15-8-4-13(17)5-9-15)16(19)20-10-12-2-6-14(18)7-3-12/h2-9,11H,10H2,1H3. The summed E-state index contributed by atoms with van der Waals surface area (Å²) in [5.41, 5.74) is 0.723. The van der Waals surface area contributed by atoms with E-state index >= 15 is 0 Å². The Morgan fingerprint density at radius 3 is 2.38 bits per heavy atom. The highest BCUT2D eigenvalue weighted by Gasteiger charge is 2.16. The number of rotatable bonds is 5. The van der Waals surface area contributed by atoms with E-state index in [-0.39, 0.29) is 12.4 Å². The monoisotopic (exact) mass is 352 g/mol. The molecule has 0 N–H and O–H groups in total. The van der Waals surface area contributed by atoms with Crippen molar-refractivity contribution in [2.75, 3.05) is 0 Å². The Morgan fingerprint density at radius 1 is 1.14 bits per heavy atom. The molecule has 0 heterocycles. The molecule has 0 saturated carbocycles. The first-order valence-corrected chi connectivity index (χ1v) is 7.17. The van der Waals surface area contributed by atoms with Gasteiger partial charge < -0.3 is 9.47 Å². The van der Waals surface area contributed by atoms with E-state index in [1.54, 1.807) is 31.2 Å². The smallest absolute Gasteiger partial charge is 0.347 e. The van der Waals surface area contributed by atoms with Crippen molar-refractivity contribution in [3.8, 4) is 5.75 Å². The number of ether oxygens (including phenoxy) is 2. The molecule has 0 aromatic heterocycles. The summed E-state index contributed by atoms with van der Waals surface area (Å²) in [4.78, 5) is 11.8. The van der Waals surface area contributed by atoms with Crippen molar-refractivity contribution >= 4 is 21.9 Å². The van der Waals surface area contributed by atoms with Crippen LogP contribution in [0.4, 0.5) is 4.39 Å². The van der Waals surface area contributed by atoms with Crippen molar-refractivity contribution in [2.45, 2.75) is 19.6 Å². The molecule has 3 nitrogen and oxygen atoms in total. The van der Waals surface area contributed by atoms with Crippen LogP contribution in [0.25, 0.3) is 0 Å². The van der Waals surface area contributed by atoms with Gasteiger partial charge in [0.2, 0.25) is 0 Å². The van der Waals surface area contributed by atoms with Crippen LogP contribution in [0.3, 0.4) is 0 Å². The second kappa shape index (κ2) is 7.22. The van der Waals surface area contributed by atoms with E-state index in [0.29, 0.717) is 5.75 Å². The molecule has 1 atom stereocenters. The summed E-state index contributed by atoms with van der Waals surface area (Å²) < 4.78 is 24.3. The highest BCUT2D eigenvalue weighted by molar-refractivity contribution is 9.10. The van der Waals surface area contributed by atoms with E-state index in [9.17, 15) is 9.18 Å². The molecule has 2 aromatic rings. The minimum atomic E-state index is -0.716. The van der Waals surface area contributed by atoms with Gasteiger partial charge in [-0.15, -0.1) is 0 Å². The fourth-order valence-electron chi connectivity index (χ4n) is 1.62. The molecular weight excluding hydrogens is 339 g/mol. The van der Waals surface area contributed by atoms with Crippen LogP contribution in [0, 0.1) is 5.82 Å². The molecule has 5 heteroatoms. The van der Waals surface area contributed by atoms with Gasteiger partial charge in [-0.1, -0.05) is 28.1 Å². The van der Waals surface area contributed by atoms with E-state index < -0.39 is 12.1 Å². The number of benzene rings is 2. The average molecular weight is 353 g/mol. The summed E-state index contributed by atoms with van der Waals surface area (Å²) in [5, 5.41) is 0. The largest absolute Gasteiger partial charge is 0.479 e. The number of hydrogen-bond donors (Lipinski definition) is 0. The minimum Gasteiger partial charge on any atom is -0.479 e. The minimum absolute atomic E-state index is 0.0904. The van der Waals surface area contributed by atoms with Crippen LogP contribution < -0.4 is 4.74 Å². The van der Waals surface area contributed by atoms with Gasteiger partial charge in [0, 0.05) is 4.47 Å². The highest BCUT2D eigenvalue weighted by atomic mass is 79.9. The van der Waals surface area contributed by atoms with Crippen LogP contribution >= 0.6 is 15.9 Å². The Labute approximate surface area is 130 Å². The van der Waals surface area contributed by atoms with Crippen LogP contribution in [0.15, 0.2) is 53.0 Å². The van der Waals surface area contributed by atoms with Gasteiger partial charge in [-0.2, -0.15) is 0 Å². The Bertz CT molecular complexity index is 596. The topological polar surface area (TPSA) is 35.5 Å². The first-order valence-electron chi connectivity index (χ1n) is 6.38. The molecule has 2 rings (SSSR count). The zero-order valence-corrected chi connectivity index (χ0v) is 13.0. The molecular formula is C16H14BrFO3. The molecule has 0 bridgehead atoms. The van der Waals surface area contributed by atoms with Crippen LogP contribution in [0.1, 0.15) is 12.5 Å². The molecule has 21 heavy (non-hydrogen) atoms. The fraction of sp³-hybridized carbons (Fsp3) is 0.188. The van der Waals surface area contributed by atoms with Crippen molar-refractivity contribution in [3.63, 3.8) is 0 Å². The summed E-state index contributed by atoms with van der Waals surface area (Å²) in [5.74, 6) is -0.205. The Morgan fingerprint density at radius 2 is 1.76 bits per heavy atom. The number of esters is 1. The lowest BCUT2D eigenvalue weighted by atomic mass is 10.2. The molecule has 2 aromatic carbocycles. The Kier molecular flexibility index (Phi) is 5.33. The molecule has 0 amide bonds. The lowest BCUT2D eigenvalue weighted by molar-refractivity contribution is -0.152. The normalized spacial score (nSPS) is 11.8. The zero-order valence-electron chi connectivity index (χ0n) is 11.4. The average Bonchev–Trinajstić information content (AvgIpc) is 2.48. The molecule has 0 saturated heterocycles. The molecule has 0 radical (unpaired) electrons.